The van der Waals surface area contributed by atoms with E-state index in [1.807, 2.05) is 19.1 Å². The van der Waals surface area contributed by atoms with E-state index in [2.05, 4.69) is 22.0 Å². The van der Waals surface area contributed by atoms with Crippen molar-refractivity contribution < 1.29 is 9.18 Å². The van der Waals surface area contributed by atoms with E-state index in [9.17, 15) is 9.18 Å². The van der Waals surface area contributed by atoms with E-state index in [0.717, 1.165) is 35.6 Å². The molecular formula is C23H20FN3O. The lowest BCUT2D eigenvalue weighted by atomic mass is 9.81. The molecule has 1 aliphatic carbocycles. The Bertz CT molecular complexity index is 1080. The van der Waals surface area contributed by atoms with Gasteiger partial charge in [0.05, 0.1) is 17.0 Å². The van der Waals surface area contributed by atoms with Gasteiger partial charge in [-0.1, -0.05) is 30.3 Å². The highest BCUT2D eigenvalue weighted by molar-refractivity contribution is 5.99. The molecule has 0 fully saturated rings. The number of hydrogen-bond acceptors (Lipinski definition) is 4. The van der Waals surface area contributed by atoms with Gasteiger partial charge in [-0.25, -0.2) is 14.4 Å². The molecule has 3 aromatic rings. The third kappa shape index (κ3) is 2.78. The standard InChI is InChI=1S/C23H20FN3O/c1-14-22-19(12-17(13-21(22)28)15-6-8-18(24)9-7-15)26-23(25-14)27-11-10-16-4-2-3-5-20(16)27/h2-9,17H,10-13H2,1H3/t17-/m1/s1. The van der Waals surface area contributed by atoms with Crippen molar-refractivity contribution in [2.24, 2.45) is 0 Å². The third-order valence-electron chi connectivity index (χ3n) is 5.77. The molecule has 0 saturated carbocycles. The van der Waals surface area contributed by atoms with E-state index < -0.39 is 0 Å². The molecule has 5 rings (SSSR count). The number of para-hydroxylation sites is 1. The lowest BCUT2D eigenvalue weighted by Crippen LogP contribution is -2.25. The number of halogens is 1. The second kappa shape index (κ2) is 6.51. The van der Waals surface area contributed by atoms with E-state index in [4.69, 9.17) is 4.98 Å². The largest absolute Gasteiger partial charge is 0.310 e. The SMILES string of the molecule is Cc1nc(N2CCc3ccccc32)nc2c1C(=O)C[C@H](c1ccc(F)cc1)C2. The third-order valence-corrected chi connectivity index (χ3v) is 5.77. The second-order valence-electron chi connectivity index (χ2n) is 7.54. The minimum absolute atomic E-state index is 0.0219. The van der Waals surface area contributed by atoms with Gasteiger partial charge in [-0.3, -0.25) is 4.79 Å². The number of carbonyl (C=O) groups is 1. The lowest BCUT2D eigenvalue weighted by molar-refractivity contribution is 0.0962. The number of fused-ring (bicyclic) bond motifs is 2. The fourth-order valence-electron chi connectivity index (χ4n) is 4.40. The van der Waals surface area contributed by atoms with E-state index in [1.165, 1.54) is 17.7 Å². The molecule has 0 saturated heterocycles. The monoisotopic (exact) mass is 373 g/mol. The maximum Gasteiger partial charge on any atom is 0.230 e. The summed E-state index contributed by atoms with van der Waals surface area (Å²) in [4.78, 5) is 24.4. The minimum Gasteiger partial charge on any atom is -0.310 e. The summed E-state index contributed by atoms with van der Waals surface area (Å²) >= 11 is 0. The van der Waals surface area contributed by atoms with Crippen LogP contribution in [0.3, 0.4) is 0 Å². The minimum atomic E-state index is -0.264. The van der Waals surface area contributed by atoms with Crippen molar-refractivity contribution in [2.75, 3.05) is 11.4 Å². The molecule has 1 aromatic heterocycles. The van der Waals surface area contributed by atoms with Crippen molar-refractivity contribution in [2.45, 2.75) is 32.1 Å². The van der Waals surface area contributed by atoms with Gasteiger partial charge >= 0.3 is 0 Å². The first-order chi connectivity index (χ1) is 13.6. The van der Waals surface area contributed by atoms with Gasteiger partial charge in [0, 0.05) is 18.7 Å². The molecule has 0 radical (unpaired) electrons. The molecule has 2 heterocycles. The molecule has 1 atom stereocenters. The Labute approximate surface area is 163 Å². The predicted octanol–water partition coefficient (Wildman–Crippen LogP) is 4.53. The number of aromatic nitrogens is 2. The van der Waals surface area contributed by atoms with E-state index >= 15 is 0 Å². The summed E-state index contributed by atoms with van der Waals surface area (Å²) in [7, 11) is 0. The zero-order valence-corrected chi connectivity index (χ0v) is 15.7. The number of ketones is 1. The van der Waals surface area contributed by atoms with E-state index in [1.54, 1.807) is 12.1 Å². The number of hydrogen-bond donors (Lipinski definition) is 0. The first kappa shape index (κ1) is 17.0. The molecule has 0 N–H and O–H groups in total. The summed E-state index contributed by atoms with van der Waals surface area (Å²) in [6, 6.07) is 14.7. The maximum atomic E-state index is 13.3. The van der Waals surface area contributed by atoms with Crippen LogP contribution in [-0.2, 0) is 12.8 Å². The average molecular weight is 373 g/mol. The molecule has 5 heteroatoms. The van der Waals surface area contributed by atoms with Gasteiger partial charge in [0.25, 0.3) is 0 Å². The summed E-state index contributed by atoms with van der Waals surface area (Å²) in [6.07, 6.45) is 2.04. The lowest BCUT2D eigenvalue weighted by Gasteiger charge is -2.26. The molecule has 28 heavy (non-hydrogen) atoms. The maximum absolute atomic E-state index is 13.3. The summed E-state index contributed by atoms with van der Waals surface area (Å²) in [6.45, 7) is 2.73. The quantitative estimate of drug-likeness (QED) is 0.662. The van der Waals surface area contributed by atoms with Gasteiger partial charge in [-0.15, -0.1) is 0 Å². The Balaban J connectivity index is 1.53. The van der Waals surface area contributed by atoms with Crippen LogP contribution < -0.4 is 4.90 Å². The molecule has 4 nitrogen and oxygen atoms in total. The van der Waals surface area contributed by atoms with Crippen LogP contribution in [0, 0.1) is 12.7 Å². The normalized spacial score (nSPS) is 18.1. The zero-order chi connectivity index (χ0) is 19.3. The van der Waals surface area contributed by atoms with Crippen LogP contribution in [0.1, 0.15) is 45.2 Å². The number of carbonyl (C=O) groups excluding carboxylic acids is 1. The number of rotatable bonds is 2. The molecule has 2 aliphatic rings. The van der Waals surface area contributed by atoms with Crippen molar-refractivity contribution in [3.63, 3.8) is 0 Å². The first-order valence-corrected chi connectivity index (χ1v) is 9.62. The molecule has 0 amide bonds. The molecule has 0 unspecified atom stereocenters. The zero-order valence-electron chi connectivity index (χ0n) is 15.7. The Morgan fingerprint density at radius 3 is 2.64 bits per heavy atom. The van der Waals surface area contributed by atoms with Gasteiger partial charge in [0.15, 0.2) is 5.78 Å². The number of anilines is 2. The fourth-order valence-corrected chi connectivity index (χ4v) is 4.40. The van der Waals surface area contributed by atoms with Crippen LogP contribution in [-0.4, -0.2) is 22.3 Å². The molecule has 0 bridgehead atoms. The van der Waals surface area contributed by atoms with Crippen LogP contribution in [0.5, 0.6) is 0 Å². The van der Waals surface area contributed by atoms with Gasteiger partial charge in [-0.2, -0.15) is 0 Å². The highest BCUT2D eigenvalue weighted by atomic mass is 19.1. The number of benzene rings is 2. The van der Waals surface area contributed by atoms with Crippen LogP contribution in [0.15, 0.2) is 48.5 Å². The summed E-state index contributed by atoms with van der Waals surface area (Å²) < 4.78 is 13.3. The summed E-state index contributed by atoms with van der Waals surface area (Å²) in [5.74, 6) is 0.489. The first-order valence-electron chi connectivity index (χ1n) is 9.62. The molecule has 140 valence electrons. The van der Waals surface area contributed by atoms with E-state index in [0.29, 0.717) is 24.4 Å². The molecule has 0 spiro atoms. The smallest absolute Gasteiger partial charge is 0.230 e. The predicted molar refractivity (Wildman–Crippen MR) is 106 cm³/mol. The highest BCUT2D eigenvalue weighted by Gasteiger charge is 2.31. The van der Waals surface area contributed by atoms with Crippen LogP contribution >= 0.6 is 0 Å². The van der Waals surface area contributed by atoms with Crippen molar-refractivity contribution in [1.82, 2.24) is 9.97 Å². The Kier molecular flexibility index (Phi) is 3.97. The molecule has 1 aliphatic heterocycles. The van der Waals surface area contributed by atoms with Crippen molar-refractivity contribution in [3.05, 3.63) is 82.4 Å². The second-order valence-corrected chi connectivity index (χ2v) is 7.54. The van der Waals surface area contributed by atoms with Gasteiger partial charge in [-0.05, 0) is 55.0 Å². The van der Waals surface area contributed by atoms with Crippen LogP contribution in [0.2, 0.25) is 0 Å². The Morgan fingerprint density at radius 2 is 1.82 bits per heavy atom. The van der Waals surface area contributed by atoms with Gasteiger partial charge in [0.2, 0.25) is 5.95 Å². The highest BCUT2D eigenvalue weighted by Crippen LogP contribution is 2.36. The van der Waals surface area contributed by atoms with Crippen LogP contribution in [0.4, 0.5) is 16.0 Å². The Morgan fingerprint density at radius 1 is 1.04 bits per heavy atom. The van der Waals surface area contributed by atoms with Gasteiger partial charge in [0.1, 0.15) is 5.82 Å². The van der Waals surface area contributed by atoms with Gasteiger partial charge < -0.3 is 4.90 Å². The summed E-state index contributed by atoms with van der Waals surface area (Å²) in [5.41, 5.74) is 5.62. The Hall–Kier alpha value is -3.08. The van der Waals surface area contributed by atoms with Crippen molar-refractivity contribution in [3.8, 4) is 0 Å². The summed E-state index contributed by atoms with van der Waals surface area (Å²) in [5, 5.41) is 0. The van der Waals surface area contributed by atoms with Crippen molar-refractivity contribution in [1.29, 1.82) is 0 Å². The molecular weight excluding hydrogens is 353 g/mol. The van der Waals surface area contributed by atoms with E-state index in [-0.39, 0.29) is 17.5 Å². The number of nitrogens with zero attached hydrogens (tertiary/aromatic N) is 3. The average Bonchev–Trinajstić information content (AvgIpc) is 3.12. The number of Topliss-reactive ketones (excluding diaryl/α,β-unsaturated/α-hetero) is 1. The fraction of sp³-hybridized carbons (Fsp3) is 0.261. The van der Waals surface area contributed by atoms with Crippen molar-refractivity contribution >= 4 is 17.4 Å². The number of aryl methyl sites for hydroxylation is 1. The van der Waals surface area contributed by atoms with Crippen LogP contribution in [0.25, 0.3) is 0 Å². The molecule has 2 aromatic carbocycles. The topological polar surface area (TPSA) is 46.1 Å².